The van der Waals surface area contributed by atoms with E-state index in [0.717, 1.165) is 19.4 Å². The van der Waals surface area contributed by atoms with E-state index < -0.39 is 12.4 Å². The summed E-state index contributed by atoms with van der Waals surface area (Å²) in [5.74, 6) is 0. The van der Waals surface area contributed by atoms with Crippen molar-refractivity contribution in [3.8, 4) is 0 Å². The number of halogens is 3. The molecule has 1 fully saturated rings. The van der Waals surface area contributed by atoms with Gasteiger partial charge in [0.2, 0.25) is 0 Å². The van der Waals surface area contributed by atoms with Crippen LogP contribution in [0.1, 0.15) is 12.8 Å². The van der Waals surface area contributed by atoms with E-state index in [1.807, 2.05) is 7.05 Å². The number of rotatable bonds is 5. The van der Waals surface area contributed by atoms with Crippen molar-refractivity contribution < 1.29 is 64.3 Å². The molecule has 1 heterocycles. The van der Waals surface area contributed by atoms with Crippen molar-refractivity contribution in [3.63, 3.8) is 0 Å². The molecule has 0 bridgehead atoms. The first kappa shape index (κ1) is 18.2. The minimum absolute atomic E-state index is 0. The molecule has 0 aromatic heterocycles. The summed E-state index contributed by atoms with van der Waals surface area (Å²) in [6.45, 7) is -0.130. The minimum atomic E-state index is -4.89. The van der Waals surface area contributed by atoms with E-state index in [-0.39, 0.29) is 57.9 Å². The van der Waals surface area contributed by atoms with Crippen molar-refractivity contribution >= 4 is 6.98 Å². The number of likely N-dealkylation sites (N-methyl/N-ethyl adjacent to an activating group) is 2. The first-order valence-electron chi connectivity index (χ1n) is 5.57. The van der Waals surface area contributed by atoms with Crippen molar-refractivity contribution in [1.29, 1.82) is 0 Å². The van der Waals surface area contributed by atoms with E-state index in [0.29, 0.717) is 12.6 Å². The van der Waals surface area contributed by atoms with Crippen molar-refractivity contribution in [2.45, 2.75) is 18.9 Å². The van der Waals surface area contributed by atoms with Crippen LogP contribution in [0.15, 0.2) is 12.1 Å². The summed E-state index contributed by atoms with van der Waals surface area (Å²) < 4.78 is 37.0. The van der Waals surface area contributed by atoms with E-state index in [1.165, 1.54) is 0 Å². The summed E-state index contributed by atoms with van der Waals surface area (Å²) >= 11 is 0. The summed E-state index contributed by atoms with van der Waals surface area (Å²) in [4.78, 5) is 3.92. The van der Waals surface area contributed by atoms with Crippen LogP contribution in [-0.4, -0.2) is 56.5 Å². The Morgan fingerprint density at radius 2 is 2.06 bits per heavy atom. The minimum Gasteiger partial charge on any atom is -0.445 e. The zero-order chi connectivity index (χ0) is 12.3. The van der Waals surface area contributed by atoms with Gasteiger partial charge in [0.1, 0.15) is 0 Å². The van der Waals surface area contributed by atoms with Crippen LogP contribution in [0.4, 0.5) is 12.9 Å². The topological polar surface area (TPSA) is 6.48 Å². The van der Waals surface area contributed by atoms with Gasteiger partial charge in [-0.2, -0.15) is 0 Å². The van der Waals surface area contributed by atoms with Crippen molar-refractivity contribution in [2.75, 3.05) is 33.7 Å². The molecule has 7 heteroatoms. The standard InChI is InChI=1S/C10H19BF3N2.K/c1-9(11(12,13)14)7-15(2)8-10-5-4-6-16(10)3;/h10H,1,4-8H2,2-3H3;/q-1;+1. The van der Waals surface area contributed by atoms with Gasteiger partial charge in [-0.05, 0) is 40.0 Å². The molecule has 0 aromatic carbocycles. The monoisotopic (exact) mass is 274 g/mol. The second kappa shape index (κ2) is 7.67. The Labute approximate surface area is 144 Å². The van der Waals surface area contributed by atoms with Gasteiger partial charge in [0, 0.05) is 12.6 Å². The van der Waals surface area contributed by atoms with Crippen LogP contribution in [0.5, 0.6) is 0 Å². The van der Waals surface area contributed by atoms with Gasteiger partial charge < -0.3 is 22.7 Å². The van der Waals surface area contributed by atoms with E-state index in [4.69, 9.17) is 0 Å². The summed E-state index contributed by atoms with van der Waals surface area (Å²) in [7, 11) is 3.74. The predicted octanol–water partition coefficient (Wildman–Crippen LogP) is -1.04. The fraction of sp³-hybridized carbons (Fsp3) is 0.800. The summed E-state index contributed by atoms with van der Waals surface area (Å²) in [6, 6.07) is 0.388. The van der Waals surface area contributed by atoms with Gasteiger partial charge in [-0.1, -0.05) is 0 Å². The molecule has 1 aliphatic rings. The van der Waals surface area contributed by atoms with E-state index in [9.17, 15) is 12.9 Å². The van der Waals surface area contributed by atoms with Crippen LogP contribution in [0.2, 0.25) is 0 Å². The average Bonchev–Trinajstić information content (AvgIpc) is 2.50. The van der Waals surface area contributed by atoms with Crippen LogP contribution < -0.4 is 51.4 Å². The Kier molecular flexibility index (Phi) is 8.19. The molecule has 0 aromatic rings. The Bertz CT molecular complexity index is 260. The van der Waals surface area contributed by atoms with Crippen LogP contribution in [-0.2, 0) is 0 Å². The zero-order valence-electron chi connectivity index (χ0n) is 10.9. The predicted molar refractivity (Wildman–Crippen MR) is 61.4 cm³/mol. The van der Waals surface area contributed by atoms with E-state index in [2.05, 4.69) is 11.5 Å². The Morgan fingerprint density at radius 1 is 1.47 bits per heavy atom. The van der Waals surface area contributed by atoms with Crippen molar-refractivity contribution in [3.05, 3.63) is 12.1 Å². The van der Waals surface area contributed by atoms with Gasteiger partial charge in [0.15, 0.2) is 0 Å². The van der Waals surface area contributed by atoms with Crippen LogP contribution in [0.3, 0.4) is 0 Å². The molecule has 0 amide bonds. The molecule has 1 aliphatic heterocycles. The molecular formula is C10H19BF3KN2. The maximum Gasteiger partial charge on any atom is 1.00 e. The third-order valence-corrected chi connectivity index (χ3v) is 3.13. The van der Waals surface area contributed by atoms with Gasteiger partial charge in [-0.3, -0.25) is 0 Å². The van der Waals surface area contributed by atoms with Crippen LogP contribution >= 0.6 is 0 Å². The number of hydrogen-bond donors (Lipinski definition) is 0. The van der Waals surface area contributed by atoms with Gasteiger partial charge in [-0.15, -0.1) is 12.1 Å². The molecular weight excluding hydrogens is 255 g/mol. The second-order valence-corrected chi connectivity index (χ2v) is 4.71. The molecule has 0 saturated carbocycles. The first-order chi connectivity index (χ1) is 7.30. The molecule has 0 spiro atoms. The van der Waals surface area contributed by atoms with Crippen molar-refractivity contribution in [1.82, 2.24) is 9.80 Å². The molecule has 0 radical (unpaired) electrons. The molecule has 0 aliphatic carbocycles. The summed E-state index contributed by atoms with van der Waals surface area (Å²) in [5.41, 5.74) is -0.608. The normalized spacial score (nSPS) is 21.6. The summed E-state index contributed by atoms with van der Waals surface area (Å²) in [5, 5.41) is 0. The molecule has 2 nitrogen and oxygen atoms in total. The maximum absolute atomic E-state index is 12.3. The Morgan fingerprint density at radius 3 is 2.47 bits per heavy atom. The number of likely N-dealkylation sites (tertiary alicyclic amines) is 1. The van der Waals surface area contributed by atoms with Gasteiger partial charge in [-0.25, -0.2) is 0 Å². The Balaban J connectivity index is 0.00000256. The number of hydrogen-bond acceptors (Lipinski definition) is 2. The molecule has 0 N–H and O–H groups in total. The fourth-order valence-electron chi connectivity index (χ4n) is 2.08. The second-order valence-electron chi connectivity index (χ2n) is 4.71. The average molecular weight is 274 g/mol. The quantitative estimate of drug-likeness (QED) is 0.591. The van der Waals surface area contributed by atoms with Gasteiger partial charge >= 0.3 is 58.4 Å². The maximum atomic E-state index is 12.3. The van der Waals surface area contributed by atoms with Gasteiger partial charge in [0.25, 0.3) is 0 Å². The summed E-state index contributed by atoms with van der Waals surface area (Å²) in [6.07, 6.45) is 2.21. The molecule has 1 atom stereocenters. The fourth-order valence-corrected chi connectivity index (χ4v) is 2.08. The number of nitrogens with zero attached hydrogens (tertiary/aromatic N) is 2. The van der Waals surface area contributed by atoms with Crippen LogP contribution in [0, 0.1) is 0 Å². The molecule has 1 rings (SSSR count). The third-order valence-electron chi connectivity index (χ3n) is 3.13. The molecule has 1 unspecified atom stereocenters. The molecule has 94 valence electrons. The largest absolute Gasteiger partial charge is 1.00 e. The van der Waals surface area contributed by atoms with E-state index >= 15 is 0 Å². The first-order valence-corrected chi connectivity index (χ1v) is 5.57. The zero-order valence-corrected chi connectivity index (χ0v) is 14.0. The van der Waals surface area contributed by atoms with Crippen molar-refractivity contribution in [2.24, 2.45) is 0 Å². The third kappa shape index (κ3) is 6.22. The van der Waals surface area contributed by atoms with E-state index in [1.54, 1.807) is 11.9 Å². The SMILES string of the molecule is C=C(CN(C)CC1CCCN1C)[B-](F)(F)F.[K+]. The molecule has 1 saturated heterocycles. The molecule has 17 heavy (non-hydrogen) atoms. The smallest absolute Gasteiger partial charge is 0.445 e. The van der Waals surface area contributed by atoms with Gasteiger partial charge in [0.05, 0.1) is 0 Å². The Hall–Kier alpha value is 1.15. The van der Waals surface area contributed by atoms with Crippen LogP contribution in [0.25, 0.3) is 0 Å².